The van der Waals surface area contributed by atoms with E-state index in [1.165, 1.54) is 12.1 Å². The van der Waals surface area contributed by atoms with Crippen LogP contribution in [0.15, 0.2) is 29.4 Å². The lowest BCUT2D eigenvalue weighted by molar-refractivity contribution is -0.234. The molecule has 1 rings (SSSR count). The van der Waals surface area contributed by atoms with Gasteiger partial charge in [-0.2, -0.15) is 18.3 Å². The van der Waals surface area contributed by atoms with Crippen molar-refractivity contribution in [2.75, 3.05) is 6.54 Å². The lowest BCUT2D eigenvalue weighted by atomic mass is 10.0. The Morgan fingerprint density at radius 1 is 1.27 bits per heavy atom. The number of carbonyl (C=O) groups excluding carboxylic acids is 1. The van der Waals surface area contributed by atoms with E-state index in [4.69, 9.17) is 4.74 Å². The number of amidine groups is 1. The van der Waals surface area contributed by atoms with Gasteiger partial charge in [0.15, 0.2) is 5.60 Å². The van der Waals surface area contributed by atoms with Gasteiger partial charge in [-0.25, -0.2) is 4.39 Å². The molecule has 0 aromatic heterocycles. The van der Waals surface area contributed by atoms with E-state index in [9.17, 15) is 22.4 Å². The Labute approximate surface area is 149 Å². The standard InChI is InChI=1S/C17H21F4N3O2/c1-5-12(9-23-24-11(2)22-10-25)13-6-14(18)8-15(7-13)26-16(3,4)17(19,20)21/h5-8,10,23H,9H2,1-4H3,(H,22,24,25)/b12-5+. The number of hydrogen-bond acceptors (Lipinski definition) is 4. The molecule has 2 N–H and O–H groups in total. The van der Waals surface area contributed by atoms with E-state index < -0.39 is 17.6 Å². The summed E-state index contributed by atoms with van der Waals surface area (Å²) in [5.74, 6) is -0.633. The van der Waals surface area contributed by atoms with Gasteiger partial charge in [0.05, 0.1) is 6.54 Å². The third-order valence-electron chi connectivity index (χ3n) is 3.43. The average Bonchev–Trinajstić information content (AvgIpc) is 2.49. The van der Waals surface area contributed by atoms with E-state index in [0.29, 0.717) is 23.4 Å². The molecule has 0 spiro atoms. The highest BCUT2D eigenvalue weighted by atomic mass is 19.4. The molecule has 1 amide bonds. The third-order valence-corrected chi connectivity index (χ3v) is 3.43. The monoisotopic (exact) mass is 375 g/mol. The number of alkyl halides is 3. The maximum absolute atomic E-state index is 13.9. The summed E-state index contributed by atoms with van der Waals surface area (Å²) >= 11 is 0. The Bertz CT molecular complexity index is 698. The number of amides is 1. The number of hydrogen-bond donors (Lipinski definition) is 2. The third kappa shape index (κ3) is 6.05. The maximum atomic E-state index is 13.9. The maximum Gasteiger partial charge on any atom is 0.427 e. The van der Waals surface area contributed by atoms with E-state index >= 15 is 0 Å². The van der Waals surface area contributed by atoms with E-state index in [2.05, 4.69) is 15.8 Å². The molecule has 0 fully saturated rings. The van der Waals surface area contributed by atoms with Gasteiger partial charge < -0.3 is 15.5 Å². The van der Waals surface area contributed by atoms with Gasteiger partial charge in [0.1, 0.15) is 17.4 Å². The fourth-order valence-corrected chi connectivity index (χ4v) is 1.89. The van der Waals surface area contributed by atoms with Gasteiger partial charge in [-0.1, -0.05) is 6.08 Å². The average molecular weight is 375 g/mol. The molecule has 5 nitrogen and oxygen atoms in total. The largest absolute Gasteiger partial charge is 0.478 e. The van der Waals surface area contributed by atoms with E-state index in [0.717, 1.165) is 19.9 Å². The normalized spacial score (nSPS) is 13.4. The molecule has 26 heavy (non-hydrogen) atoms. The lowest BCUT2D eigenvalue weighted by Crippen LogP contribution is -2.44. The summed E-state index contributed by atoms with van der Waals surface area (Å²) < 4.78 is 57.7. The van der Waals surface area contributed by atoms with Crippen LogP contribution in [0.25, 0.3) is 5.57 Å². The van der Waals surface area contributed by atoms with Crippen LogP contribution < -0.4 is 15.5 Å². The van der Waals surface area contributed by atoms with Crippen molar-refractivity contribution < 1.29 is 27.1 Å². The summed E-state index contributed by atoms with van der Waals surface area (Å²) in [5, 5.41) is 6.21. The second kappa shape index (κ2) is 8.68. The molecule has 0 aliphatic rings. The Hall–Kier alpha value is -2.58. The quantitative estimate of drug-likeness (QED) is 0.252. The Morgan fingerprint density at radius 3 is 2.46 bits per heavy atom. The SMILES string of the molecule is C/C=C(\CN/N=C(\C)NC=O)c1cc(F)cc(OC(C)(C)C(F)(F)F)c1. The van der Waals surface area contributed by atoms with Crippen molar-refractivity contribution >= 4 is 17.8 Å². The summed E-state index contributed by atoms with van der Waals surface area (Å²) in [5.41, 5.74) is 1.16. The zero-order chi connectivity index (χ0) is 20.0. The van der Waals surface area contributed by atoms with Gasteiger partial charge in [0, 0.05) is 6.07 Å². The number of nitrogens with zero attached hydrogens (tertiary/aromatic N) is 1. The number of allylic oxidation sites excluding steroid dienone is 1. The summed E-state index contributed by atoms with van der Waals surface area (Å²) in [6.07, 6.45) is -2.48. The molecule has 9 heteroatoms. The van der Waals surface area contributed by atoms with Crippen LogP contribution in [0.2, 0.25) is 0 Å². The van der Waals surface area contributed by atoms with Crippen molar-refractivity contribution in [1.29, 1.82) is 0 Å². The number of rotatable bonds is 7. The van der Waals surface area contributed by atoms with Crippen LogP contribution in [-0.4, -0.2) is 30.6 Å². The first-order chi connectivity index (χ1) is 12.0. The highest BCUT2D eigenvalue weighted by Gasteiger charge is 2.49. The van der Waals surface area contributed by atoms with Crippen LogP contribution in [0.4, 0.5) is 17.6 Å². The molecule has 0 saturated carbocycles. The molecule has 1 aromatic carbocycles. The van der Waals surface area contributed by atoms with Gasteiger partial charge in [-0.15, -0.1) is 0 Å². The molecule has 0 aliphatic carbocycles. The van der Waals surface area contributed by atoms with Gasteiger partial charge in [-0.3, -0.25) is 4.79 Å². The smallest absolute Gasteiger partial charge is 0.427 e. The van der Waals surface area contributed by atoms with Gasteiger partial charge in [-0.05, 0) is 51.0 Å². The second-order valence-electron chi connectivity index (χ2n) is 5.89. The predicted octanol–water partition coefficient (Wildman–Crippen LogP) is 3.62. The minimum Gasteiger partial charge on any atom is -0.478 e. The van der Waals surface area contributed by atoms with E-state index in [1.807, 2.05) is 0 Å². The van der Waals surface area contributed by atoms with Crippen molar-refractivity contribution in [2.24, 2.45) is 5.10 Å². The first kappa shape index (κ1) is 21.5. The zero-order valence-corrected chi connectivity index (χ0v) is 14.9. The molecule has 0 bridgehead atoms. The molecule has 0 aliphatic heterocycles. The van der Waals surface area contributed by atoms with Crippen LogP contribution in [0.1, 0.15) is 33.3 Å². The van der Waals surface area contributed by atoms with Crippen molar-refractivity contribution in [3.05, 3.63) is 35.7 Å². The summed E-state index contributed by atoms with van der Waals surface area (Å²) in [6.45, 7) is 5.16. The Morgan fingerprint density at radius 2 is 1.92 bits per heavy atom. The number of hydrazone groups is 1. The highest BCUT2D eigenvalue weighted by molar-refractivity contribution is 5.88. The Kier molecular flexibility index (Phi) is 7.17. The molecule has 0 atom stereocenters. The number of benzene rings is 1. The number of halogens is 4. The lowest BCUT2D eigenvalue weighted by Gasteiger charge is -2.29. The fourth-order valence-electron chi connectivity index (χ4n) is 1.89. The van der Waals surface area contributed by atoms with Gasteiger partial charge in [0.2, 0.25) is 6.41 Å². The first-order valence-corrected chi connectivity index (χ1v) is 7.69. The van der Waals surface area contributed by atoms with Crippen LogP contribution in [0, 0.1) is 5.82 Å². The fraction of sp³-hybridized carbons (Fsp3) is 0.412. The van der Waals surface area contributed by atoms with E-state index in [1.54, 1.807) is 19.9 Å². The Balaban J connectivity index is 3.00. The van der Waals surface area contributed by atoms with Crippen LogP contribution >= 0.6 is 0 Å². The molecule has 0 saturated heterocycles. The number of nitrogens with one attached hydrogen (secondary N) is 2. The van der Waals surface area contributed by atoms with Crippen LogP contribution in [-0.2, 0) is 4.79 Å². The summed E-state index contributed by atoms with van der Waals surface area (Å²) in [7, 11) is 0. The molecule has 1 aromatic rings. The van der Waals surface area contributed by atoms with Crippen molar-refractivity contribution in [3.8, 4) is 5.75 Å². The van der Waals surface area contributed by atoms with Crippen LogP contribution in [0.5, 0.6) is 5.75 Å². The van der Waals surface area contributed by atoms with Gasteiger partial charge in [0.25, 0.3) is 0 Å². The second-order valence-corrected chi connectivity index (χ2v) is 5.89. The minimum atomic E-state index is -4.61. The molecular weight excluding hydrogens is 354 g/mol. The van der Waals surface area contributed by atoms with Crippen molar-refractivity contribution in [3.63, 3.8) is 0 Å². The molecule has 0 radical (unpaired) electrons. The van der Waals surface area contributed by atoms with Crippen LogP contribution in [0.3, 0.4) is 0 Å². The first-order valence-electron chi connectivity index (χ1n) is 7.69. The van der Waals surface area contributed by atoms with Crippen molar-refractivity contribution in [2.45, 2.75) is 39.5 Å². The van der Waals surface area contributed by atoms with Crippen molar-refractivity contribution in [1.82, 2.24) is 10.7 Å². The van der Waals surface area contributed by atoms with Gasteiger partial charge >= 0.3 is 6.18 Å². The molecule has 0 unspecified atom stereocenters. The number of ether oxygens (including phenoxy) is 1. The summed E-state index contributed by atoms with van der Waals surface area (Å²) in [4.78, 5) is 10.3. The topological polar surface area (TPSA) is 62.7 Å². The predicted molar refractivity (Wildman–Crippen MR) is 91.1 cm³/mol. The molecular formula is C17H21F4N3O2. The highest BCUT2D eigenvalue weighted by Crippen LogP contribution is 2.35. The number of carbonyl (C=O) groups is 1. The summed E-state index contributed by atoms with van der Waals surface area (Å²) in [6, 6.07) is 3.41. The minimum absolute atomic E-state index is 0.167. The molecule has 144 valence electrons. The van der Waals surface area contributed by atoms with E-state index in [-0.39, 0.29) is 12.3 Å². The zero-order valence-electron chi connectivity index (χ0n) is 14.9. The molecule has 0 heterocycles.